The molecule has 0 saturated carbocycles. The Morgan fingerprint density at radius 3 is 2.00 bits per heavy atom. The van der Waals surface area contributed by atoms with E-state index >= 15 is 0 Å². The second kappa shape index (κ2) is 8.98. The smallest absolute Gasteiger partial charge is 0.0784 e. The summed E-state index contributed by atoms with van der Waals surface area (Å²) < 4.78 is 1.37. The van der Waals surface area contributed by atoms with Crippen molar-refractivity contribution >= 4 is 0 Å². The van der Waals surface area contributed by atoms with Crippen LogP contribution in [0.2, 0.25) is 0 Å². The first-order valence-electron chi connectivity index (χ1n) is 7.10. The summed E-state index contributed by atoms with van der Waals surface area (Å²) in [6.07, 6.45) is 13.1. The van der Waals surface area contributed by atoms with Gasteiger partial charge in [-0.05, 0) is 32.1 Å². The van der Waals surface area contributed by atoms with Crippen molar-refractivity contribution in [3.63, 3.8) is 0 Å². The Kier molecular flexibility index (Phi) is 8.91. The van der Waals surface area contributed by atoms with Crippen molar-refractivity contribution < 1.29 is 9.19 Å². The zero-order valence-electron chi connectivity index (χ0n) is 11.3. The highest BCUT2D eigenvalue weighted by atomic mass is 19.0. The van der Waals surface area contributed by atoms with E-state index in [0.717, 1.165) is 0 Å². The van der Waals surface area contributed by atoms with Gasteiger partial charge in [-0.15, -0.1) is 0 Å². The Labute approximate surface area is 101 Å². The summed E-state index contributed by atoms with van der Waals surface area (Å²) >= 11 is 0. The first-order chi connectivity index (χ1) is 7.27. The monoisotopic (exact) mass is 231 g/mol. The molecule has 0 spiro atoms. The predicted molar refractivity (Wildman–Crippen MR) is 68.0 cm³/mol. The minimum Gasteiger partial charge on any atom is -1.00 e. The van der Waals surface area contributed by atoms with Crippen molar-refractivity contribution in [1.29, 1.82) is 0 Å². The first-order valence-corrected chi connectivity index (χ1v) is 7.10. The van der Waals surface area contributed by atoms with Crippen LogP contribution in [0.1, 0.15) is 64.7 Å². The zero-order valence-corrected chi connectivity index (χ0v) is 11.3. The van der Waals surface area contributed by atoms with E-state index in [1.165, 1.54) is 81.9 Å². The molecule has 1 saturated heterocycles. The molecule has 0 N–H and O–H groups in total. The van der Waals surface area contributed by atoms with Crippen LogP contribution in [0.5, 0.6) is 0 Å². The van der Waals surface area contributed by atoms with E-state index in [1.54, 1.807) is 0 Å². The van der Waals surface area contributed by atoms with Crippen molar-refractivity contribution in [3.05, 3.63) is 0 Å². The van der Waals surface area contributed by atoms with Gasteiger partial charge >= 0.3 is 0 Å². The fraction of sp³-hybridized carbons (Fsp3) is 1.00. The van der Waals surface area contributed by atoms with Gasteiger partial charge in [0.1, 0.15) is 0 Å². The molecule has 98 valence electrons. The molecular formula is C14H30FN. The molecule has 0 aromatic heterocycles. The average molecular weight is 231 g/mol. The van der Waals surface area contributed by atoms with Gasteiger partial charge in [-0.2, -0.15) is 0 Å². The van der Waals surface area contributed by atoms with Crippen LogP contribution in [0.25, 0.3) is 0 Å². The molecule has 0 aromatic carbocycles. The molecule has 1 aliphatic rings. The fourth-order valence-electron chi connectivity index (χ4n) is 2.77. The third-order valence-electron chi connectivity index (χ3n) is 3.95. The van der Waals surface area contributed by atoms with Crippen LogP contribution in [0, 0.1) is 0 Å². The number of nitrogens with zero attached hydrogens (tertiary/aromatic N) is 1. The van der Waals surface area contributed by atoms with Gasteiger partial charge in [0, 0.05) is 0 Å². The SMILES string of the molecule is CCCCCCCC[N+]1(C)CCCCC1.[F-]. The molecule has 1 nitrogen and oxygen atoms in total. The number of rotatable bonds is 7. The standard InChI is InChI=1S/C14H30N.FH/c1-3-4-5-6-7-9-12-15(2)13-10-8-11-14-15;/h3-14H2,1-2H3;1H/q+1;/p-1. The van der Waals surface area contributed by atoms with E-state index in [1.807, 2.05) is 0 Å². The van der Waals surface area contributed by atoms with E-state index in [-0.39, 0.29) is 4.70 Å². The topological polar surface area (TPSA) is 0 Å². The highest BCUT2D eigenvalue weighted by Crippen LogP contribution is 2.17. The third-order valence-corrected chi connectivity index (χ3v) is 3.95. The quantitative estimate of drug-likeness (QED) is 0.453. The Morgan fingerprint density at radius 2 is 1.38 bits per heavy atom. The minimum absolute atomic E-state index is 0. The Hall–Kier alpha value is -0.110. The van der Waals surface area contributed by atoms with Crippen molar-refractivity contribution in [2.75, 3.05) is 26.7 Å². The van der Waals surface area contributed by atoms with E-state index in [2.05, 4.69) is 14.0 Å². The molecular weight excluding hydrogens is 201 g/mol. The third kappa shape index (κ3) is 6.47. The number of piperidine rings is 1. The Bertz CT molecular complexity index is 153. The van der Waals surface area contributed by atoms with Gasteiger partial charge in [0.15, 0.2) is 0 Å². The van der Waals surface area contributed by atoms with E-state index < -0.39 is 0 Å². The van der Waals surface area contributed by atoms with Gasteiger partial charge < -0.3 is 9.19 Å². The number of hydrogen-bond acceptors (Lipinski definition) is 0. The summed E-state index contributed by atoms with van der Waals surface area (Å²) in [5.74, 6) is 0. The van der Waals surface area contributed by atoms with Crippen molar-refractivity contribution in [1.82, 2.24) is 0 Å². The van der Waals surface area contributed by atoms with Crippen LogP contribution >= 0.6 is 0 Å². The first kappa shape index (κ1) is 15.9. The lowest BCUT2D eigenvalue weighted by atomic mass is 10.1. The predicted octanol–water partition coefficient (Wildman–Crippen LogP) is 0.981. The molecule has 1 fully saturated rings. The maximum Gasteiger partial charge on any atom is 0.0784 e. The van der Waals surface area contributed by atoms with Crippen molar-refractivity contribution in [3.8, 4) is 0 Å². The van der Waals surface area contributed by atoms with Crippen LogP contribution in [-0.4, -0.2) is 31.2 Å². The second-order valence-electron chi connectivity index (χ2n) is 5.62. The molecule has 16 heavy (non-hydrogen) atoms. The normalized spacial score (nSPS) is 19.1. The summed E-state index contributed by atoms with van der Waals surface area (Å²) in [4.78, 5) is 0. The van der Waals surface area contributed by atoms with Gasteiger partial charge in [-0.1, -0.05) is 32.6 Å². The molecule has 1 heterocycles. The number of unbranched alkanes of at least 4 members (excludes halogenated alkanes) is 5. The lowest BCUT2D eigenvalue weighted by molar-refractivity contribution is -0.914. The lowest BCUT2D eigenvalue weighted by Gasteiger charge is -2.37. The molecule has 2 heteroatoms. The Morgan fingerprint density at radius 1 is 0.812 bits per heavy atom. The van der Waals surface area contributed by atoms with Gasteiger partial charge in [0.25, 0.3) is 0 Å². The molecule has 0 radical (unpaired) electrons. The molecule has 0 bridgehead atoms. The summed E-state index contributed by atoms with van der Waals surface area (Å²) in [5, 5.41) is 0. The van der Waals surface area contributed by atoms with Gasteiger partial charge in [0.05, 0.1) is 26.7 Å². The number of likely N-dealkylation sites (tertiary alicyclic amines) is 1. The van der Waals surface area contributed by atoms with E-state index in [0.29, 0.717) is 0 Å². The second-order valence-corrected chi connectivity index (χ2v) is 5.62. The molecule has 1 rings (SSSR count). The van der Waals surface area contributed by atoms with E-state index in [4.69, 9.17) is 0 Å². The van der Waals surface area contributed by atoms with E-state index in [9.17, 15) is 0 Å². The van der Waals surface area contributed by atoms with Gasteiger partial charge in [-0.3, -0.25) is 0 Å². The van der Waals surface area contributed by atoms with Crippen LogP contribution in [-0.2, 0) is 0 Å². The van der Waals surface area contributed by atoms with Crippen molar-refractivity contribution in [2.45, 2.75) is 64.7 Å². The molecule has 1 aliphatic heterocycles. The number of halogens is 1. The van der Waals surface area contributed by atoms with Crippen LogP contribution in [0.3, 0.4) is 0 Å². The lowest BCUT2D eigenvalue weighted by Crippen LogP contribution is -3.00. The van der Waals surface area contributed by atoms with Gasteiger partial charge in [0.2, 0.25) is 0 Å². The van der Waals surface area contributed by atoms with Gasteiger partial charge in [-0.25, -0.2) is 0 Å². The zero-order chi connectivity index (χ0) is 11.0. The highest BCUT2D eigenvalue weighted by Gasteiger charge is 2.23. The highest BCUT2D eigenvalue weighted by molar-refractivity contribution is 4.52. The largest absolute Gasteiger partial charge is 1.00 e. The fourth-order valence-corrected chi connectivity index (χ4v) is 2.77. The van der Waals surface area contributed by atoms with Crippen LogP contribution in [0.4, 0.5) is 0 Å². The van der Waals surface area contributed by atoms with Crippen LogP contribution in [0.15, 0.2) is 0 Å². The maximum atomic E-state index is 2.46. The number of hydrogen-bond donors (Lipinski definition) is 0. The average Bonchev–Trinajstić information content (AvgIpc) is 2.24. The summed E-state index contributed by atoms with van der Waals surface area (Å²) in [7, 11) is 2.46. The Balaban J connectivity index is 0.00000225. The van der Waals surface area contributed by atoms with Crippen molar-refractivity contribution in [2.24, 2.45) is 0 Å². The van der Waals surface area contributed by atoms with Crippen LogP contribution < -0.4 is 4.70 Å². The summed E-state index contributed by atoms with van der Waals surface area (Å²) in [6.45, 7) is 6.61. The number of quaternary nitrogens is 1. The molecule has 0 aliphatic carbocycles. The molecule has 0 aromatic rings. The molecule has 0 atom stereocenters. The maximum absolute atomic E-state index is 2.46. The molecule has 0 unspecified atom stereocenters. The minimum atomic E-state index is 0. The summed E-state index contributed by atoms with van der Waals surface area (Å²) in [5.41, 5.74) is 0. The summed E-state index contributed by atoms with van der Waals surface area (Å²) in [6, 6.07) is 0. The molecule has 0 amide bonds.